The van der Waals surface area contributed by atoms with E-state index in [9.17, 15) is 0 Å². The average molecular weight is 263 g/mol. The van der Waals surface area contributed by atoms with Crippen molar-refractivity contribution in [2.75, 3.05) is 40.1 Å². The van der Waals surface area contributed by atoms with Crippen LogP contribution >= 0.6 is 0 Å². The molecule has 0 amide bonds. The van der Waals surface area contributed by atoms with Crippen LogP contribution in [0.1, 0.15) is 11.1 Å². The molecule has 2 saturated heterocycles. The zero-order valence-corrected chi connectivity index (χ0v) is 11.6. The van der Waals surface area contributed by atoms with Crippen molar-refractivity contribution in [3.63, 3.8) is 0 Å². The van der Waals surface area contributed by atoms with E-state index in [2.05, 4.69) is 30.4 Å². The number of morpholine rings is 1. The highest BCUT2D eigenvalue weighted by Gasteiger charge is 2.49. The van der Waals surface area contributed by atoms with Crippen molar-refractivity contribution in [1.29, 1.82) is 0 Å². The lowest BCUT2D eigenvalue weighted by Gasteiger charge is -2.49. The maximum atomic E-state index is 5.63. The maximum Gasteiger partial charge on any atom is 0.122 e. The van der Waals surface area contributed by atoms with Crippen LogP contribution < -0.4 is 10.1 Å². The minimum absolute atomic E-state index is 0.0161. The van der Waals surface area contributed by atoms with Crippen LogP contribution in [-0.2, 0) is 14.9 Å². The SMILES string of the molecule is COc1ccc(C)cc1C1(C2COCCN2)COC1. The molecule has 1 aromatic rings. The summed E-state index contributed by atoms with van der Waals surface area (Å²) in [5.41, 5.74) is 2.47. The van der Waals surface area contributed by atoms with E-state index in [1.165, 1.54) is 11.1 Å². The van der Waals surface area contributed by atoms with Gasteiger partial charge < -0.3 is 19.5 Å². The molecule has 0 saturated carbocycles. The number of hydrogen-bond donors (Lipinski definition) is 1. The van der Waals surface area contributed by atoms with Gasteiger partial charge in [0, 0.05) is 18.2 Å². The van der Waals surface area contributed by atoms with E-state index in [-0.39, 0.29) is 5.41 Å². The van der Waals surface area contributed by atoms with Gasteiger partial charge in [-0.1, -0.05) is 17.7 Å². The van der Waals surface area contributed by atoms with Gasteiger partial charge in [0.05, 0.1) is 39.0 Å². The summed E-state index contributed by atoms with van der Waals surface area (Å²) in [5, 5.41) is 3.57. The van der Waals surface area contributed by atoms with Crippen LogP contribution in [0.3, 0.4) is 0 Å². The predicted molar refractivity (Wildman–Crippen MR) is 72.8 cm³/mol. The Kier molecular flexibility index (Phi) is 3.48. The molecule has 0 aliphatic carbocycles. The topological polar surface area (TPSA) is 39.7 Å². The summed E-state index contributed by atoms with van der Waals surface area (Å²) >= 11 is 0. The van der Waals surface area contributed by atoms with Gasteiger partial charge in [-0.05, 0) is 13.0 Å². The second-order valence-electron chi connectivity index (χ2n) is 5.43. The first-order valence-electron chi connectivity index (χ1n) is 6.80. The van der Waals surface area contributed by atoms with Crippen molar-refractivity contribution in [2.45, 2.75) is 18.4 Å². The molecule has 3 rings (SSSR count). The van der Waals surface area contributed by atoms with E-state index in [0.29, 0.717) is 6.04 Å². The number of methoxy groups -OCH3 is 1. The van der Waals surface area contributed by atoms with Crippen LogP contribution in [0.2, 0.25) is 0 Å². The van der Waals surface area contributed by atoms with Gasteiger partial charge in [0.2, 0.25) is 0 Å². The minimum atomic E-state index is -0.0161. The summed E-state index contributed by atoms with van der Waals surface area (Å²) in [5.74, 6) is 0.946. The zero-order chi connectivity index (χ0) is 13.3. The van der Waals surface area contributed by atoms with E-state index in [1.54, 1.807) is 7.11 Å². The Morgan fingerprint density at radius 1 is 1.32 bits per heavy atom. The second kappa shape index (κ2) is 5.12. The second-order valence-corrected chi connectivity index (χ2v) is 5.43. The first kappa shape index (κ1) is 12.9. The first-order chi connectivity index (χ1) is 9.26. The Balaban J connectivity index is 1.99. The number of hydrogen-bond acceptors (Lipinski definition) is 4. The van der Waals surface area contributed by atoms with Gasteiger partial charge in [-0.25, -0.2) is 0 Å². The average Bonchev–Trinajstić information content (AvgIpc) is 2.39. The Labute approximate surface area is 114 Å². The molecule has 104 valence electrons. The molecule has 2 heterocycles. The quantitative estimate of drug-likeness (QED) is 0.891. The number of rotatable bonds is 3. The molecule has 2 aliphatic heterocycles. The lowest BCUT2D eigenvalue weighted by molar-refractivity contribution is -0.101. The molecular weight excluding hydrogens is 242 g/mol. The number of aryl methyl sites for hydroxylation is 1. The molecule has 2 fully saturated rings. The molecule has 1 unspecified atom stereocenters. The molecule has 0 aromatic heterocycles. The molecule has 2 aliphatic rings. The van der Waals surface area contributed by atoms with Crippen molar-refractivity contribution < 1.29 is 14.2 Å². The van der Waals surface area contributed by atoms with E-state index < -0.39 is 0 Å². The minimum Gasteiger partial charge on any atom is -0.496 e. The molecule has 0 bridgehead atoms. The van der Waals surface area contributed by atoms with Crippen molar-refractivity contribution >= 4 is 0 Å². The van der Waals surface area contributed by atoms with Crippen molar-refractivity contribution in [3.8, 4) is 5.75 Å². The summed E-state index contributed by atoms with van der Waals surface area (Å²) in [7, 11) is 1.73. The normalized spacial score (nSPS) is 25.7. The summed E-state index contributed by atoms with van der Waals surface area (Å²) in [6, 6.07) is 6.65. The van der Waals surface area contributed by atoms with E-state index >= 15 is 0 Å². The lowest BCUT2D eigenvalue weighted by Crippen LogP contribution is -2.64. The fraction of sp³-hybridized carbons (Fsp3) is 0.600. The van der Waals surface area contributed by atoms with Gasteiger partial charge in [-0.3, -0.25) is 0 Å². The molecule has 4 heteroatoms. The maximum absolute atomic E-state index is 5.63. The molecule has 0 radical (unpaired) electrons. The highest BCUT2D eigenvalue weighted by atomic mass is 16.5. The molecule has 19 heavy (non-hydrogen) atoms. The fourth-order valence-electron chi connectivity index (χ4n) is 3.00. The fourth-order valence-corrected chi connectivity index (χ4v) is 3.00. The van der Waals surface area contributed by atoms with Gasteiger partial charge in [-0.2, -0.15) is 0 Å². The number of ether oxygens (including phenoxy) is 3. The summed E-state index contributed by atoms with van der Waals surface area (Å²) in [4.78, 5) is 0. The van der Waals surface area contributed by atoms with Crippen LogP contribution in [0, 0.1) is 6.92 Å². The lowest BCUT2D eigenvalue weighted by atomic mass is 9.71. The monoisotopic (exact) mass is 263 g/mol. The first-order valence-corrected chi connectivity index (χ1v) is 6.80. The number of benzene rings is 1. The molecule has 1 atom stereocenters. The summed E-state index contributed by atoms with van der Waals surface area (Å²) < 4.78 is 16.7. The summed E-state index contributed by atoms with van der Waals surface area (Å²) in [6.45, 7) is 6.00. The Morgan fingerprint density at radius 3 is 2.74 bits per heavy atom. The van der Waals surface area contributed by atoms with Crippen molar-refractivity contribution in [3.05, 3.63) is 29.3 Å². The number of nitrogens with one attached hydrogen (secondary N) is 1. The molecule has 4 nitrogen and oxygen atoms in total. The van der Waals surface area contributed by atoms with E-state index in [4.69, 9.17) is 14.2 Å². The van der Waals surface area contributed by atoms with Gasteiger partial charge in [-0.15, -0.1) is 0 Å². The standard InChI is InChI=1S/C15H21NO3/c1-11-3-4-13(17-2)12(7-11)15(9-19-10-15)14-8-18-6-5-16-14/h3-4,7,14,16H,5-6,8-10H2,1-2H3. The van der Waals surface area contributed by atoms with E-state index in [1.807, 2.05) is 0 Å². The van der Waals surface area contributed by atoms with Gasteiger partial charge >= 0.3 is 0 Å². The van der Waals surface area contributed by atoms with Crippen LogP contribution in [-0.4, -0.2) is 46.1 Å². The third-order valence-electron chi connectivity index (χ3n) is 4.20. The summed E-state index contributed by atoms with van der Waals surface area (Å²) in [6.07, 6.45) is 0. The largest absolute Gasteiger partial charge is 0.496 e. The molecule has 0 spiro atoms. The third kappa shape index (κ3) is 2.14. The predicted octanol–water partition coefficient (Wildman–Crippen LogP) is 1.26. The van der Waals surface area contributed by atoms with Gasteiger partial charge in [0.15, 0.2) is 0 Å². The van der Waals surface area contributed by atoms with Crippen molar-refractivity contribution in [1.82, 2.24) is 5.32 Å². The molecular formula is C15H21NO3. The Hall–Kier alpha value is -1.10. The van der Waals surface area contributed by atoms with Gasteiger partial charge in [0.25, 0.3) is 0 Å². The Morgan fingerprint density at radius 2 is 2.16 bits per heavy atom. The van der Waals surface area contributed by atoms with Crippen LogP contribution in [0.15, 0.2) is 18.2 Å². The third-order valence-corrected chi connectivity index (χ3v) is 4.20. The van der Waals surface area contributed by atoms with Crippen LogP contribution in [0.5, 0.6) is 5.75 Å². The molecule has 1 N–H and O–H groups in total. The highest BCUT2D eigenvalue weighted by Crippen LogP contribution is 2.41. The molecule has 1 aromatic carbocycles. The van der Waals surface area contributed by atoms with E-state index in [0.717, 1.165) is 38.7 Å². The van der Waals surface area contributed by atoms with Crippen LogP contribution in [0.4, 0.5) is 0 Å². The smallest absolute Gasteiger partial charge is 0.122 e. The highest BCUT2D eigenvalue weighted by molar-refractivity contribution is 5.45. The zero-order valence-electron chi connectivity index (χ0n) is 11.6. The van der Waals surface area contributed by atoms with Crippen molar-refractivity contribution in [2.24, 2.45) is 0 Å². The van der Waals surface area contributed by atoms with Gasteiger partial charge in [0.1, 0.15) is 5.75 Å². The van der Waals surface area contributed by atoms with Crippen LogP contribution in [0.25, 0.3) is 0 Å². The Bertz CT molecular complexity index is 451.